The van der Waals surface area contributed by atoms with Gasteiger partial charge in [0.05, 0.1) is 11.1 Å². The van der Waals surface area contributed by atoms with Crippen molar-refractivity contribution in [1.82, 2.24) is 15.3 Å². The number of carbonyl (C=O) groups excluding carboxylic acids is 1. The molecule has 0 saturated carbocycles. The van der Waals surface area contributed by atoms with Crippen LogP contribution >= 0.6 is 23.1 Å². The van der Waals surface area contributed by atoms with Crippen molar-refractivity contribution in [1.29, 1.82) is 0 Å². The Balaban J connectivity index is 1.71. The molecule has 0 saturated heterocycles. The van der Waals surface area contributed by atoms with E-state index in [4.69, 9.17) is 5.73 Å². The Morgan fingerprint density at radius 3 is 2.96 bits per heavy atom. The van der Waals surface area contributed by atoms with Gasteiger partial charge in [-0.3, -0.25) is 4.79 Å². The Morgan fingerprint density at radius 2 is 2.17 bits per heavy atom. The summed E-state index contributed by atoms with van der Waals surface area (Å²) in [7, 11) is 0. The minimum atomic E-state index is 0.0219. The van der Waals surface area contributed by atoms with Crippen molar-refractivity contribution in [2.75, 3.05) is 11.5 Å². The first-order valence-corrected chi connectivity index (χ1v) is 10.4. The highest BCUT2D eigenvalue weighted by Crippen LogP contribution is 2.38. The van der Waals surface area contributed by atoms with E-state index in [1.807, 2.05) is 6.92 Å². The Labute approximate surface area is 150 Å². The fraction of sp³-hybridized carbons (Fsp3) is 0.588. The molecule has 7 heteroatoms. The summed E-state index contributed by atoms with van der Waals surface area (Å²) in [5, 5.41) is 4.63. The van der Waals surface area contributed by atoms with Crippen LogP contribution in [0.1, 0.15) is 50.0 Å². The third kappa shape index (κ3) is 3.83. The number of nitrogens with zero attached hydrogens (tertiary/aromatic N) is 2. The van der Waals surface area contributed by atoms with Crippen molar-refractivity contribution in [3.63, 3.8) is 0 Å². The number of anilines is 1. The fourth-order valence-corrected chi connectivity index (χ4v) is 5.17. The molecule has 24 heavy (non-hydrogen) atoms. The van der Waals surface area contributed by atoms with Crippen LogP contribution in [0.25, 0.3) is 10.2 Å². The SMILES string of the molecule is CCCC(C)NC(=O)CSc1nc(N)c2c3c(sc2n1)CCCC3. The third-order valence-electron chi connectivity index (χ3n) is 4.28. The molecule has 0 aromatic carbocycles. The van der Waals surface area contributed by atoms with Crippen molar-refractivity contribution in [2.24, 2.45) is 0 Å². The number of aromatic nitrogens is 2. The van der Waals surface area contributed by atoms with Crippen LogP contribution in [0.15, 0.2) is 5.16 Å². The molecule has 1 unspecified atom stereocenters. The number of rotatable bonds is 6. The zero-order chi connectivity index (χ0) is 17.1. The van der Waals surface area contributed by atoms with Crippen LogP contribution in [0.4, 0.5) is 5.82 Å². The maximum atomic E-state index is 12.0. The van der Waals surface area contributed by atoms with Gasteiger partial charge in [0.1, 0.15) is 10.6 Å². The number of nitrogen functional groups attached to an aromatic ring is 1. The smallest absolute Gasteiger partial charge is 0.230 e. The number of hydrogen-bond donors (Lipinski definition) is 2. The van der Waals surface area contributed by atoms with E-state index in [1.54, 1.807) is 11.3 Å². The van der Waals surface area contributed by atoms with Gasteiger partial charge in [-0.15, -0.1) is 11.3 Å². The molecule has 1 amide bonds. The van der Waals surface area contributed by atoms with Crippen LogP contribution in [-0.4, -0.2) is 27.7 Å². The second-order valence-electron chi connectivity index (χ2n) is 6.33. The summed E-state index contributed by atoms with van der Waals surface area (Å²) in [5.74, 6) is 0.903. The number of thioether (sulfide) groups is 1. The summed E-state index contributed by atoms with van der Waals surface area (Å²) in [4.78, 5) is 23.4. The molecule has 3 rings (SSSR count). The third-order valence-corrected chi connectivity index (χ3v) is 6.32. The van der Waals surface area contributed by atoms with E-state index in [2.05, 4.69) is 22.2 Å². The Hall–Kier alpha value is -1.34. The zero-order valence-corrected chi connectivity index (χ0v) is 15.9. The second-order valence-corrected chi connectivity index (χ2v) is 8.35. The quantitative estimate of drug-likeness (QED) is 0.605. The second kappa shape index (κ2) is 7.70. The number of hydrogen-bond acceptors (Lipinski definition) is 6. The van der Waals surface area contributed by atoms with Crippen molar-refractivity contribution in [3.8, 4) is 0 Å². The number of nitrogens with one attached hydrogen (secondary N) is 1. The van der Waals surface area contributed by atoms with E-state index in [1.165, 1.54) is 35.0 Å². The highest BCUT2D eigenvalue weighted by atomic mass is 32.2. The standard InChI is InChI=1S/C17H24N4OS2/c1-3-6-10(2)19-13(22)9-23-17-20-15(18)14-11-7-4-5-8-12(11)24-16(14)21-17/h10H,3-9H2,1-2H3,(H,19,22)(H2,18,20,21). The van der Waals surface area contributed by atoms with Gasteiger partial charge in [0, 0.05) is 10.9 Å². The molecular weight excluding hydrogens is 340 g/mol. The first-order valence-electron chi connectivity index (χ1n) is 8.58. The summed E-state index contributed by atoms with van der Waals surface area (Å²) in [6.07, 6.45) is 6.71. The lowest BCUT2D eigenvalue weighted by Gasteiger charge is -2.12. The minimum absolute atomic E-state index is 0.0219. The van der Waals surface area contributed by atoms with Crippen molar-refractivity contribution < 1.29 is 4.79 Å². The highest BCUT2D eigenvalue weighted by molar-refractivity contribution is 7.99. The lowest BCUT2D eigenvalue weighted by atomic mass is 9.97. The molecule has 2 heterocycles. The largest absolute Gasteiger partial charge is 0.383 e. The number of carbonyl (C=O) groups is 1. The van der Waals surface area contributed by atoms with E-state index in [9.17, 15) is 4.79 Å². The first-order chi connectivity index (χ1) is 11.6. The lowest BCUT2D eigenvalue weighted by Crippen LogP contribution is -2.33. The van der Waals surface area contributed by atoms with Gasteiger partial charge in [-0.05, 0) is 44.6 Å². The first kappa shape index (κ1) is 17.5. The van der Waals surface area contributed by atoms with Crippen LogP contribution in [0.5, 0.6) is 0 Å². The maximum absolute atomic E-state index is 12.0. The zero-order valence-electron chi connectivity index (χ0n) is 14.2. The molecule has 3 N–H and O–H groups in total. The van der Waals surface area contributed by atoms with E-state index >= 15 is 0 Å². The predicted octanol–water partition coefficient (Wildman–Crippen LogP) is 3.55. The summed E-state index contributed by atoms with van der Waals surface area (Å²) < 4.78 is 0. The van der Waals surface area contributed by atoms with Crippen LogP contribution in [0.2, 0.25) is 0 Å². The van der Waals surface area contributed by atoms with E-state index < -0.39 is 0 Å². The topological polar surface area (TPSA) is 80.9 Å². The molecular formula is C17H24N4OS2. The summed E-state index contributed by atoms with van der Waals surface area (Å²) in [5.41, 5.74) is 7.54. The van der Waals surface area contributed by atoms with Gasteiger partial charge in [-0.25, -0.2) is 9.97 Å². The van der Waals surface area contributed by atoms with Gasteiger partial charge in [0.25, 0.3) is 0 Å². The monoisotopic (exact) mass is 364 g/mol. The molecule has 0 spiro atoms. The lowest BCUT2D eigenvalue weighted by molar-refractivity contribution is -0.119. The summed E-state index contributed by atoms with van der Waals surface area (Å²) in [6, 6.07) is 0.209. The molecule has 130 valence electrons. The molecule has 1 aliphatic rings. The highest BCUT2D eigenvalue weighted by Gasteiger charge is 2.20. The van der Waals surface area contributed by atoms with Crippen LogP contribution in [0.3, 0.4) is 0 Å². The Bertz CT molecular complexity index is 744. The number of aryl methyl sites for hydroxylation is 2. The molecule has 5 nitrogen and oxygen atoms in total. The predicted molar refractivity (Wildman–Crippen MR) is 102 cm³/mol. The molecule has 1 atom stereocenters. The van der Waals surface area contributed by atoms with E-state index in [0.717, 1.165) is 35.9 Å². The minimum Gasteiger partial charge on any atom is -0.383 e. The molecule has 0 fully saturated rings. The van der Waals surface area contributed by atoms with Crippen LogP contribution in [0, 0.1) is 0 Å². The molecule has 1 aliphatic carbocycles. The van der Waals surface area contributed by atoms with Crippen LogP contribution < -0.4 is 11.1 Å². The van der Waals surface area contributed by atoms with E-state index in [0.29, 0.717) is 16.7 Å². The van der Waals surface area contributed by atoms with Crippen LogP contribution in [-0.2, 0) is 17.6 Å². The number of fused-ring (bicyclic) bond motifs is 3. The average molecular weight is 365 g/mol. The van der Waals surface area contributed by atoms with Crippen molar-refractivity contribution >= 4 is 45.0 Å². The number of amides is 1. The van der Waals surface area contributed by atoms with Crippen molar-refractivity contribution in [2.45, 2.75) is 63.6 Å². The maximum Gasteiger partial charge on any atom is 0.230 e. The number of nitrogens with two attached hydrogens (primary N) is 1. The van der Waals surface area contributed by atoms with Gasteiger partial charge in [-0.2, -0.15) is 0 Å². The van der Waals surface area contributed by atoms with Gasteiger partial charge in [0.15, 0.2) is 5.16 Å². The summed E-state index contributed by atoms with van der Waals surface area (Å²) >= 11 is 3.09. The summed E-state index contributed by atoms with van der Waals surface area (Å²) in [6.45, 7) is 4.15. The van der Waals surface area contributed by atoms with Crippen molar-refractivity contribution in [3.05, 3.63) is 10.4 Å². The molecule has 2 aromatic rings. The molecule has 0 bridgehead atoms. The fourth-order valence-electron chi connectivity index (χ4n) is 3.18. The Morgan fingerprint density at radius 1 is 1.38 bits per heavy atom. The average Bonchev–Trinajstić information content (AvgIpc) is 2.92. The number of thiophene rings is 1. The van der Waals surface area contributed by atoms with Gasteiger partial charge >= 0.3 is 0 Å². The van der Waals surface area contributed by atoms with Gasteiger partial charge in [0.2, 0.25) is 5.91 Å². The molecule has 2 aromatic heterocycles. The van der Waals surface area contributed by atoms with Gasteiger partial charge < -0.3 is 11.1 Å². The van der Waals surface area contributed by atoms with Gasteiger partial charge in [-0.1, -0.05) is 25.1 Å². The molecule has 0 aliphatic heterocycles. The molecule has 0 radical (unpaired) electrons. The van der Waals surface area contributed by atoms with E-state index in [-0.39, 0.29) is 11.9 Å². The normalized spacial score (nSPS) is 15.2. The Kier molecular flexibility index (Phi) is 5.61.